The van der Waals surface area contributed by atoms with Crippen molar-refractivity contribution < 1.29 is 19.1 Å². The number of benzene rings is 1. The number of rotatable bonds is 3. The topological polar surface area (TPSA) is 116 Å². The molecule has 1 fully saturated rings. The molecule has 10 nitrogen and oxygen atoms in total. The second kappa shape index (κ2) is 10.9. The summed E-state index contributed by atoms with van der Waals surface area (Å²) < 4.78 is 5.41. The Morgan fingerprint density at radius 2 is 1.77 bits per heavy atom. The quantitative estimate of drug-likeness (QED) is 0.435. The number of hydrazine groups is 1. The average Bonchev–Trinajstić information content (AvgIpc) is 2.80. The van der Waals surface area contributed by atoms with Crippen molar-refractivity contribution in [2.75, 3.05) is 32.5 Å². The van der Waals surface area contributed by atoms with Gasteiger partial charge < -0.3 is 19.9 Å². The van der Waals surface area contributed by atoms with Gasteiger partial charge in [-0.1, -0.05) is 6.07 Å². The molecule has 1 saturated heterocycles. The molecule has 0 bridgehead atoms. The largest absolute Gasteiger partial charge is 0.444 e. The standard InChI is InChI=1S/C24H32N6O4S/c1-24(2,3)34-23(33)30-10-8-15(9-11-30)20(31)26-19-13-18-12-16(6-7-17(18)14-25-19)21(32)27-28-22(35)29(4)5/h6-7,12-15H,8-11H2,1-5H3,(H,27,32)(H,28,35)(H,25,26,31). The second-order valence-electron chi connectivity index (χ2n) is 9.64. The van der Waals surface area contributed by atoms with Crippen molar-refractivity contribution in [2.45, 2.75) is 39.2 Å². The molecule has 3 N–H and O–H groups in total. The van der Waals surface area contributed by atoms with Crippen LogP contribution in [0.1, 0.15) is 44.0 Å². The maximum absolute atomic E-state index is 12.8. The number of likely N-dealkylation sites (tertiary alicyclic amines) is 1. The Labute approximate surface area is 210 Å². The number of thiocarbonyl (C=S) groups is 1. The summed E-state index contributed by atoms with van der Waals surface area (Å²) in [5.74, 6) is -0.303. The predicted molar refractivity (Wildman–Crippen MR) is 138 cm³/mol. The molecule has 3 amide bonds. The Hall–Kier alpha value is -3.47. The number of nitrogens with one attached hydrogen (secondary N) is 3. The van der Waals surface area contributed by atoms with E-state index in [0.29, 0.717) is 42.4 Å². The number of carbonyl (C=O) groups is 3. The second-order valence-corrected chi connectivity index (χ2v) is 10.0. The average molecular weight is 501 g/mol. The van der Waals surface area contributed by atoms with Crippen molar-refractivity contribution in [1.29, 1.82) is 0 Å². The zero-order valence-electron chi connectivity index (χ0n) is 20.7. The summed E-state index contributed by atoms with van der Waals surface area (Å²) in [7, 11) is 3.54. The fraction of sp³-hybridized carbons (Fsp3) is 0.458. The van der Waals surface area contributed by atoms with Crippen LogP contribution in [0.3, 0.4) is 0 Å². The lowest BCUT2D eigenvalue weighted by atomic mass is 9.96. The van der Waals surface area contributed by atoms with Gasteiger partial charge in [-0.25, -0.2) is 9.78 Å². The van der Waals surface area contributed by atoms with E-state index in [2.05, 4.69) is 21.2 Å². The zero-order valence-corrected chi connectivity index (χ0v) is 21.5. The van der Waals surface area contributed by atoms with Crippen LogP contribution in [-0.2, 0) is 9.53 Å². The van der Waals surface area contributed by atoms with E-state index in [1.54, 1.807) is 54.4 Å². The van der Waals surface area contributed by atoms with E-state index in [-0.39, 0.29) is 23.8 Å². The van der Waals surface area contributed by atoms with Gasteiger partial charge in [-0.3, -0.25) is 20.4 Å². The molecule has 35 heavy (non-hydrogen) atoms. The zero-order chi connectivity index (χ0) is 25.8. The molecule has 0 atom stereocenters. The molecule has 3 rings (SSSR count). The highest BCUT2D eigenvalue weighted by Gasteiger charge is 2.30. The van der Waals surface area contributed by atoms with Crippen LogP contribution in [0.15, 0.2) is 30.5 Å². The van der Waals surface area contributed by atoms with Gasteiger partial charge in [0.05, 0.1) is 0 Å². The molecule has 1 aromatic heterocycles. The number of hydrogen-bond donors (Lipinski definition) is 3. The summed E-state index contributed by atoms with van der Waals surface area (Å²) in [6.07, 6.45) is 2.39. The fourth-order valence-corrected chi connectivity index (χ4v) is 3.57. The molecule has 0 radical (unpaired) electrons. The minimum absolute atomic E-state index is 0.143. The number of aromatic nitrogens is 1. The minimum Gasteiger partial charge on any atom is -0.444 e. The first-order valence-electron chi connectivity index (χ1n) is 11.4. The smallest absolute Gasteiger partial charge is 0.410 e. The lowest BCUT2D eigenvalue weighted by Crippen LogP contribution is -2.46. The Balaban J connectivity index is 1.60. The van der Waals surface area contributed by atoms with Crippen LogP contribution in [0.25, 0.3) is 10.8 Å². The molecule has 0 aliphatic carbocycles. The third-order valence-electron chi connectivity index (χ3n) is 5.44. The van der Waals surface area contributed by atoms with Crippen LogP contribution in [0.4, 0.5) is 10.6 Å². The molecule has 2 aromatic rings. The monoisotopic (exact) mass is 500 g/mol. The van der Waals surface area contributed by atoms with Gasteiger partial charge in [-0.15, -0.1) is 0 Å². The van der Waals surface area contributed by atoms with Gasteiger partial charge in [0.15, 0.2) is 5.11 Å². The van der Waals surface area contributed by atoms with E-state index >= 15 is 0 Å². The number of ether oxygens (including phenoxy) is 1. The van der Waals surface area contributed by atoms with Crippen molar-refractivity contribution in [3.05, 3.63) is 36.0 Å². The SMILES string of the molecule is CN(C)C(=S)NNC(=O)c1ccc2cnc(NC(=O)C3CCN(C(=O)OC(C)(C)C)CC3)cc2c1. The molecule has 1 aliphatic heterocycles. The lowest BCUT2D eigenvalue weighted by Gasteiger charge is -2.32. The molecule has 0 unspecified atom stereocenters. The molecule has 1 aromatic carbocycles. The molecular weight excluding hydrogens is 468 g/mol. The number of nitrogens with zero attached hydrogens (tertiary/aromatic N) is 3. The summed E-state index contributed by atoms with van der Waals surface area (Å²) in [6.45, 7) is 6.40. The van der Waals surface area contributed by atoms with E-state index < -0.39 is 5.60 Å². The van der Waals surface area contributed by atoms with Crippen LogP contribution in [0, 0.1) is 5.92 Å². The van der Waals surface area contributed by atoms with E-state index in [0.717, 1.165) is 10.8 Å². The molecule has 11 heteroatoms. The summed E-state index contributed by atoms with van der Waals surface area (Å²) >= 11 is 5.10. The minimum atomic E-state index is -0.553. The van der Waals surface area contributed by atoms with Gasteiger partial charge >= 0.3 is 6.09 Å². The fourth-order valence-electron chi connectivity index (χ4n) is 3.52. The Morgan fingerprint density at radius 1 is 1.09 bits per heavy atom. The third kappa shape index (κ3) is 7.25. The van der Waals surface area contributed by atoms with Crippen LogP contribution in [0.5, 0.6) is 0 Å². The summed E-state index contributed by atoms with van der Waals surface area (Å²) in [6, 6.07) is 6.94. The predicted octanol–water partition coefficient (Wildman–Crippen LogP) is 2.90. The number of carbonyl (C=O) groups excluding carboxylic acids is 3. The van der Waals surface area contributed by atoms with Gasteiger partial charge in [0, 0.05) is 50.2 Å². The third-order valence-corrected chi connectivity index (χ3v) is 5.91. The maximum atomic E-state index is 12.8. The summed E-state index contributed by atoms with van der Waals surface area (Å²) in [4.78, 5) is 45.1. The van der Waals surface area contributed by atoms with Crippen molar-refractivity contribution in [1.82, 2.24) is 25.6 Å². The number of hydrogen-bond acceptors (Lipinski definition) is 6. The van der Waals surface area contributed by atoms with Gasteiger partial charge in [0.2, 0.25) is 5.91 Å². The Bertz CT molecular complexity index is 1120. The first kappa shape index (κ1) is 26.1. The number of anilines is 1. The van der Waals surface area contributed by atoms with Crippen LogP contribution in [0.2, 0.25) is 0 Å². The molecule has 0 saturated carbocycles. The lowest BCUT2D eigenvalue weighted by molar-refractivity contribution is -0.121. The molecule has 2 heterocycles. The molecule has 0 spiro atoms. The van der Waals surface area contributed by atoms with E-state index in [9.17, 15) is 14.4 Å². The number of amides is 3. The summed E-state index contributed by atoms with van der Waals surface area (Å²) in [5.41, 5.74) is 5.13. The number of pyridine rings is 1. The molecule has 1 aliphatic rings. The van der Waals surface area contributed by atoms with Gasteiger partial charge in [-0.05, 0) is 69.4 Å². The summed E-state index contributed by atoms with van der Waals surface area (Å²) in [5, 5.41) is 4.84. The van der Waals surface area contributed by atoms with Crippen molar-refractivity contribution in [3.63, 3.8) is 0 Å². The van der Waals surface area contributed by atoms with Gasteiger partial charge in [0.25, 0.3) is 5.91 Å². The van der Waals surface area contributed by atoms with E-state index in [4.69, 9.17) is 17.0 Å². The maximum Gasteiger partial charge on any atom is 0.410 e. The van der Waals surface area contributed by atoms with Crippen LogP contribution >= 0.6 is 12.2 Å². The highest BCUT2D eigenvalue weighted by atomic mass is 32.1. The first-order valence-corrected chi connectivity index (χ1v) is 11.8. The van der Waals surface area contributed by atoms with Crippen LogP contribution in [-0.4, -0.2) is 70.6 Å². The number of piperidine rings is 1. The highest BCUT2D eigenvalue weighted by Crippen LogP contribution is 2.23. The number of fused-ring (bicyclic) bond motifs is 1. The first-order chi connectivity index (χ1) is 16.4. The van der Waals surface area contributed by atoms with Crippen molar-refractivity contribution in [3.8, 4) is 0 Å². The van der Waals surface area contributed by atoms with Gasteiger partial charge in [-0.2, -0.15) is 0 Å². The highest BCUT2D eigenvalue weighted by molar-refractivity contribution is 7.80. The van der Waals surface area contributed by atoms with E-state index in [1.807, 2.05) is 20.8 Å². The van der Waals surface area contributed by atoms with Crippen LogP contribution < -0.4 is 16.2 Å². The van der Waals surface area contributed by atoms with Crippen molar-refractivity contribution >= 4 is 51.8 Å². The Kier molecular flexibility index (Phi) is 8.11. The Morgan fingerprint density at radius 3 is 2.40 bits per heavy atom. The van der Waals surface area contributed by atoms with E-state index in [1.165, 1.54) is 0 Å². The molecular formula is C24H32N6O4S. The van der Waals surface area contributed by atoms with Gasteiger partial charge in [0.1, 0.15) is 11.4 Å². The van der Waals surface area contributed by atoms with Crippen molar-refractivity contribution in [2.24, 2.45) is 5.92 Å². The molecule has 188 valence electrons. The normalized spacial score (nSPS) is 14.3.